The third-order valence-electron chi connectivity index (χ3n) is 7.44. The lowest BCUT2D eigenvalue weighted by atomic mass is 9.84. The molecule has 0 spiro atoms. The number of halogens is 4. The van der Waals surface area contributed by atoms with Gasteiger partial charge in [-0.05, 0) is 66.1 Å². The van der Waals surface area contributed by atoms with Crippen molar-refractivity contribution in [3.05, 3.63) is 141 Å². The van der Waals surface area contributed by atoms with E-state index in [0.29, 0.717) is 45.5 Å². The zero-order valence-corrected chi connectivity index (χ0v) is 26.3. The molecule has 0 aromatic heterocycles. The molecule has 1 aliphatic rings. The smallest absolute Gasteiger partial charge is 0.252 e. The quantitative estimate of drug-likeness (QED) is 0.143. The lowest BCUT2D eigenvalue weighted by molar-refractivity contribution is -0.128. The van der Waals surface area contributed by atoms with Gasteiger partial charge in [0, 0.05) is 53.2 Å². The minimum absolute atomic E-state index is 0.0271. The predicted octanol–water partition coefficient (Wildman–Crippen LogP) is 7.75. The Hall–Kier alpha value is -4.24. The minimum atomic E-state index is -1.51. The number of aliphatic imine (C=N–C) groups is 1. The number of nitrogens with zero attached hydrogens (tertiary/aromatic N) is 1. The van der Waals surface area contributed by atoms with E-state index in [4.69, 9.17) is 42.8 Å². The van der Waals surface area contributed by atoms with Crippen LogP contribution in [-0.2, 0) is 16.0 Å². The number of hydrogen-bond acceptors (Lipinski definition) is 5. The maximum atomic E-state index is 14.3. The first-order valence-electron chi connectivity index (χ1n) is 14.8. The van der Waals surface area contributed by atoms with Crippen LogP contribution in [0.1, 0.15) is 41.2 Å². The summed E-state index contributed by atoms with van der Waals surface area (Å²) < 4.78 is 39.7. The standard InChI is InChI=1S/C36H32Cl2F2N2O4/c37-27-11-14-31(32(38)22-27)33-36(16-4-8-24-6-2-1-3-7-24,35(44)41-17-15-25-20-28(39)23-29(40)21-25)42-34(46-33)26-9-12-30(13-10-26)45-19-5-18-43/h1-4,6-14,20-23,33,43H,5,15-19H2,(H,41,44)/b8-4+/t33-,36-/m1/s1. The molecule has 238 valence electrons. The van der Waals surface area contributed by atoms with Gasteiger partial charge in [0.05, 0.1) is 6.61 Å². The SMILES string of the molecule is O=C(NCCc1cc(F)cc(F)c1)[C@]1(C/C=C/c2ccccc2)N=C(c2ccc(OCCCO)cc2)O[C@@H]1c1ccc(Cl)cc1Cl. The average Bonchev–Trinajstić information content (AvgIpc) is 3.42. The number of benzene rings is 4. The number of nitrogens with one attached hydrogen (secondary N) is 1. The Kier molecular flexibility index (Phi) is 11.1. The molecule has 4 aromatic rings. The molecule has 46 heavy (non-hydrogen) atoms. The molecule has 4 aromatic carbocycles. The first-order chi connectivity index (χ1) is 22.3. The highest BCUT2D eigenvalue weighted by Gasteiger charge is 2.53. The number of rotatable bonds is 13. The van der Waals surface area contributed by atoms with E-state index in [2.05, 4.69) is 5.32 Å². The van der Waals surface area contributed by atoms with Gasteiger partial charge >= 0.3 is 0 Å². The summed E-state index contributed by atoms with van der Waals surface area (Å²) in [7, 11) is 0. The van der Waals surface area contributed by atoms with Crippen LogP contribution in [0.25, 0.3) is 6.08 Å². The second kappa shape index (κ2) is 15.4. The van der Waals surface area contributed by atoms with Crippen molar-refractivity contribution < 1.29 is 28.2 Å². The zero-order chi connectivity index (χ0) is 32.5. The summed E-state index contributed by atoms with van der Waals surface area (Å²) >= 11 is 12.9. The number of ether oxygens (including phenoxy) is 2. The van der Waals surface area contributed by atoms with Crippen LogP contribution in [0.15, 0.2) is 102 Å². The lowest BCUT2D eigenvalue weighted by Crippen LogP contribution is -2.48. The van der Waals surface area contributed by atoms with E-state index in [1.807, 2.05) is 42.5 Å². The molecular formula is C36H32Cl2F2N2O4. The van der Waals surface area contributed by atoms with Gasteiger partial charge in [-0.25, -0.2) is 13.8 Å². The van der Waals surface area contributed by atoms with Crippen molar-refractivity contribution in [2.75, 3.05) is 19.8 Å². The fraction of sp³-hybridized carbons (Fsp3) is 0.222. The second-order valence-electron chi connectivity index (χ2n) is 10.8. The van der Waals surface area contributed by atoms with Gasteiger partial charge in [0.1, 0.15) is 17.4 Å². The van der Waals surface area contributed by atoms with Crippen molar-refractivity contribution in [2.45, 2.75) is 30.9 Å². The van der Waals surface area contributed by atoms with Gasteiger partial charge in [-0.15, -0.1) is 0 Å². The van der Waals surface area contributed by atoms with Crippen LogP contribution in [0, 0.1) is 11.6 Å². The van der Waals surface area contributed by atoms with Crippen LogP contribution < -0.4 is 10.1 Å². The van der Waals surface area contributed by atoms with E-state index in [9.17, 15) is 13.6 Å². The fourth-order valence-electron chi connectivity index (χ4n) is 5.17. The summed E-state index contributed by atoms with van der Waals surface area (Å²) in [5, 5.41) is 12.7. The summed E-state index contributed by atoms with van der Waals surface area (Å²) in [6, 6.07) is 24.9. The molecule has 1 amide bonds. The van der Waals surface area contributed by atoms with Crippen LogP contribution in [0.2, 0.25) is 10.0 Å². The topological polar surface area (TPSA) is 80.2 Å². The molecule has 2 atom stereocenters. The van der Waals surface area contributed by atoms with Gasteiger partial charge in [0.25, 0.3) is 5.91 Å². The Balaban J connectivity index is 1.51. The highest BCUT2D eigenvalue weighted by molar-refractivity contribution is 6.35. The van der Waals surface area contributed by atoms with Gasteiger partial charge in [-0.1, -0.05) is 71.8 Å². The minimum Gasteiger partial charge on any atom is -0.494 e. The molecule has 10 heteroatoms. The van der Waals surface area contributed by atoms with Crippen molar-refractivity contribution in [1.82, 2.24) is 5.32 Å². The average molecular weight is 666 g/mol. The summed E-state index contributed by atoms with van der Waals surface area (Å²) in [5.74, 6) is -0.990. The van der Waals surface area contributed by atoms with E-state index in [0.717, 1.165) is 11.6 Å². The van der Waals surface area contributed by atoms with E-state index in [-0.39, 0.29) is 31.9 Å². The molecule has 0 fully saturated rings. The zero-order valence-electron chi connectivity index (χ0n) is 24.8. The summed E-state index contributed by atoms with van der Waals surface area (Å²) in [6.07, 6.45) is 3.65. The highest BCUT2D eigenvalue weighted by Crippen LogP contribution is 2.45. The largest absolute Gasteiger partial charge is 0.494 e. The van der Waals surface area contributed by atoms with Gasteiger partial charge in [-0.3, -0.25) is 4.79 Å². The van der Waals surface area contributed by atoms with E-state index < -0.39 is 29.2 Å². The number of aliphatic hydroxyl groups excluding tert-OH is 1. The summed E-state index contributed by atoms with van der Waals surface area (Å²) in [6.45, 7) is 0.487. The molecule has 0 radical (unpaired) electrons. The normalized spacial score (nSPS) is 17.5. The van der Waals surface area contributed by atoms with Crippen molar-refractivity contribution in [2.24, 2.45) is 4.99 Å². The van der Waals surface area contributed by atoms with Gasteiger partial charge < -0.3 is 19.9 Å². The maximum absolute atomic E-state index is 14.3. The third kappa shape index (κ3) is 8.12. The Morgan fingerprint density at radius 2 is 1.74 bits per heavy atom. The molecule has 0 saturated heterocycles. The van der Waals surface area contributed by atoms with Crippen molar-refractivity contribution in [3.63, 3.8) is 0 Å². The lowest BCUT2D eigenvalue weighted by Gasteiger charge is -2.30. The number of aliphatic hydroxyl groups is 1. The van der Waals surface area contributed by atoms with Crippen molar-refractivity contribution >= 4 is 41.1 Å². The summed E-state index contributed by atoms with van der Waals surface area (Å²) in [5.41, 5.74) is 0.959. The van der Waals surface area contributed by atoms with E-state index >= 15 is 0 Å². The van der Waals surface area contributed by atoms with Crippen LogP contribution in [-0.4, -0.2) is 42.2 Å². The Bertz CT molecular complexity index is 1700. The van der Waals surface area contributed by atoms with Crippen LogP contribution in [0.3, 0.4) is 0 Å². The van der Waals surface area contributed by atoms with Gasteiger partial charge in [-0.2, -0.15) is 0 Å². The predicted molar refractivity (Wildman–Crippen MR) is 176 cm³/mol. The number of carbonyl (C=O) groups excluding carboxylic acids is 1. The molecule has 0 unspecified atom stereocenters. The van der Waals surface area contributed by atoms with Crippen molar-refractivity contribution in [3.8, 4) is 5.75 Å². The number of amides is 1. The molecule has 1 aliphatic heterocycles. The molecular weight excluding hydrogens is 633 g/mol. The summed E-state index contributed by atoms with van der Waals surface area (Å²) in [4.78, 5) is 19.2. The first kappa shape index (κ1) is 33.1. The van der Waals surface area contributed by atoms with Crippen molar-refractivity contribution in [1.29, 1.82) is 0 Å². The Morgan fingerprint density at radius 3 is 2.43 bits per heavy atom. The monoisotopic (exact) mass is 664 g/mol. The molecule has 0 bridgehead atoms. The number of carbonyl (C=O) groups is 1. The molecule has 5 rings (SSSR count). The molecule has 0 saturated carbocycles. The second-order valence-corrected chi connectivity index (χ2v) is 11.6. The number of hydrogen-bond donors (Lipinski definition) is 2. The van der Waals surface area contributed by atoms with Crippen LogP contribution >= 0.6 is 23.2 Å². The molecule has 0 aliphatic carbocycles. The highest BCUT2D eigenvalue weighted by atomic mass is 35.5. The maximum Gasteiger partial charge on any atom is 0.252 e. The molecule has 1 heterocycles. The van der Waals surface area contributed by atoms with Gasteiger partial charge in [0.2, 0.25) is 5.90 Å². The van der Waals surface area contributed by atoms with Gasteiger partial charge in [0.15, 0.2) is 11.6 Å². The molecule has 2 N–H and O–H groups in total. The fourth-order valence-corrected chi connectivity index (χ4v) is 5.68. The van der Waals surface area contributed by atoms with E-state index in [1.54, 1.807) is 42.5 Å². The third-order valence-corrected chi connectivity index (χ3v) is 8.00. The first-order valence-corrected chi connectivity index (χ1v) is 15.5. The Labute approximate surface area is 276 Å². The van der Waals surface area contributed by atoms with Crippen LogP contribution in [0.5, 0.6) is 5.75 Å². The van der Waals surface area contributed by atoms with Crippen LogP contribution in [0.4, 0.5) is 8.78 Å². The molecule has 6 nitrogen and oxygen atoms in total. The Morgan fingerprint density at radius 1 is 1.00 bits per heavy atom. The van der Waals surface area contributed by atoms with E-state index in [1.165, 1.54) is 12.1 Å².